The lowest BCUT2D eigenvalue weighted by atomic mass is 10.6. The van der Waals surface area contributed by atoms with E-state index < -0.39 is 10.0 Å². The molecule has 2 N–H and O–H groups in total. The van der Waals surface area contributed by atoms with E-state index in [1.807, 2.05) is 19.0 Å². The number of likely N-dealkylation sites (N-methyl/N-ethyl adjacent to an activating group) is 1. The minimum Gasteiger partial charge on any atom is -0.308 e. The van der Waals surface area contributed by atoms with Crippen molar-refractivity contribution >= 4 is 10.0 Å². The van der Waals surface area contributed by atoms with Gasteiger partial charge in [0.2, 0.25) is 10.0 Å². The third kappa shape index (κ3) is 3.09. The molecule has 0 spiro atoms. The van der Waals surface area contributed by atoms with Gasteiger partial charge in [-0.1, -0.05) is 0 Å². The molecule has 1 rings (SSSR count). The summed E-state index contributed by atoms with van der Waals surface area (Å²) in [5.41, 5.74) is 0. The van der Waals surface area contributed by atoms with Crippen LogP contribution in [-0.4, -0.2) is 43.7 Å². The van der Waals surface area contributed by atoms with Crippen molar-refractivity contribution in [2.24, 2.45) is 5.14 Å². The van der Waals surface area contributed by atoms with E-state index in [-0.39, 0.29) is 4.90 Å². The second kappa shape index (κ2) is 4.07. The van der Waals surface area contributed by atoms with Crippen LogP contribution in [0.4, 0.5) is 0 Å². The van der Waals surface area contributed by atoms with Gasteiger partial charge in [-0.15, -0.1) is 0 Å². The third-order valence-corrected chi connectivity index (χ3v) is 2.58. The van der Waals surface area contributed by atoms with Gasteiger partial charge in [0, 0.05) is 12.7 Å². The van der Waals surface area contributed by atoms with Crippen molar-refractivity contribution in [1.29, 1.82) is 0 Å². The quantitative estimate of drug-likeness (QED) is 0.709. The Morgan fingerprint density at radius 1 is 1.57 bits per heavy atom. The van der Waals surface area contributed by atoms with Crippen molar-refractivity contribution in [2.75, 3.05) is 20.6 Å². The Bertz CT molecular complexity index is 396. The molecule has 0 unspecified atom stereocenters. The van der Waals surface area contributed by atoms with Gasteiger partial charge in [-0.3, -0.25) is 4.68 Å². The molecule has 14 heavy (non-hydrogen) atoms. The maximum absolute atomic E-state index is 10.9. The Balaban J connectivity index is 2.70. The van der Waals surface area contributed by atoms with Crippen LogP contribution in [0, 0.1) is 0 Å². The summed E-state index contributed by atoms with van der Waals surface area (Å²) < 4.78 is 23.4. The fraction of sp³-hybridized carbons (Fsp3) is 0.571. The minimum atomic E-state index is -3.62. The lowest BCUT2D eigenvalue weighted by molar-refractivity contribution is 0.373. The molecule has 0 radical (unpaired) electrons. The van der Waals surface area contributed by atoms with Gasteiger partial charge >= 0.3 is 0 Å². The molecule has 0 saturated heterocycles. The van der Waals surface area contributed by atoms with Gasteiger partial charge in [0.15, 0.2) is 0 Å². The van der Waals surface area contributed by atoms with Crippen LogP contribution < -0.4 is 5.14 Å². The van der Waals surface area contributed by atoms with Crippen molar-refractivity contribution in [3.63, 3.8) is 0 Å². The highest BCUT2D eigenvalue weighted by atomic mass is 32.2. The maximum atomic E-state index is 10.9. The van der Waals surface area contributed by atoms with Crippen molar-refractivity contribution in [3.05, 3.63) is 12.4 Å². The summed E-state index contributed by atoms with van der Waals surface area (Å²) in [6.45, 7) is 1.44. The molecule has 0 bridgehead atoms. The molecule has 6 nitrogen and oxygen atoms in total. The fourth-order valence-corrected chi connectivity index (χ4v) is 1.38. The average molecular weight is 218 g/mol. The molecular formula is C7H14N4O2S. The minimum absolute atomic E-state index is 0.0521. The first-order chi connectivity index (χ1) is 6.39. The zero-order chi connectivity index (χ0) is 10.8. The average Bonchev–Trinajstić information content (AvgIpc) is 2.47. The molecule has 80 valence electrons. The van der Waals surface area contributed by atoms with Gasteiger partial charge in [-0.2, -0.15) is 5.10 Å². The second-order valence-electron chi connectivity index (χ2n) is 3.29. The van der Waals surface area contributed by atoms with Gasteiger partial charge in [-0.25, -0.2) is 13.6 Å². The van der Waals surface area contributed by atoms with Crippen LogP contribution in [0.15, 0.2) is 17.3 Å². The van der Waals surface area contributed by atoms with Gasteiger partial charge < -0.3 is 4.90 Å². The Hall–Kier alpha value is -0.920. The first kappa shape index (κ1) is 11.2. The molecule has 0 aromatic carbocycles. The topological polar surface area (TPSA) is 81.2 Å². The molecule has 0 aliphatic heterocycles. The highest BCUT2D eigenvalue weighted by molar-refractivity contribution is 7.89. The Kier molecular flexibility index (Phi) is 3.25. The Morgan fingerprint density at radius 2 is 2.21 bits per heavy atom. The molecule has 0 aliphatic carbocycles. The number of hydrogen-bond donors (Lipinski definition) is 1. The van der Waals surface area contributed by atoms with Gasteiger partial charge in [0.1, 0.15) is 4.90 Å². The predicted molar refractivity (Wildman–Crippen MR) is 52.2 cm³/mol. The molecule has 0 amide bonds. The third-order valence-electron chi connectivity index (χ3n) is 1.71. The standard InChI is InChI=1S/C7H14N4O2S/c1-10(2)3-4-11-6-7(5-9-11)14(8,12)13/h5-6H,3-4H2,1-2H3,(H2,8,12,13). The molecule has 0 aliphatic rings. The molecule has 0 saturated carbocycles. The summed E-state index contributed by atoms with van der Waals surface area (Å²) >= 11 is 0. The van der Waals surface area contributed by atoms with Gasteiger partial charge in [0.05, 0.1) is 12.7 Å². The van der Waals surface area contributed by atoms with E-state index in [0.717, 1.165) is 6.54 Å². The smallest absolute Gasteiger partial charge is 0.241 e. The molecule has 0 fully saturated rings. The van der Waals surface area contributed by atoms with E-state index in [1.54, 1.807) is 4.68 Å². The monoisotopic (exact) mass is 218 g/mol. The van der Waals surface area contributed by atoms with E-state index in [9.17, 15) is 8.42 Å². The van der Waals surface area contributed by atoms with Gasteiger partial charge in [0.25, 0.3) is 0 Å². The molecule has 7 heteroatoms. The highest BCUT2D eigenvalue weighted by Gasteiger charge is 2.09. The molecule has 1 heterocycles. The highest BCUT2D eigenvalue weighted by Crippen LogP contribution is 2.03. The van der Waals surface area contributed by atoms with Crippen molar-refractivity contribution in [3.8, 4) is 0 Å². The van der Waals surface area contributed by atoms with Crippen LogP contribution >= 0.6 is 0 Å². The molecule has 1 aromatic rings. The number of nitrogens with two attached hydrogens (primary N) is 1. The first-order valence-electron chi connectivity index (χ1n) is 4.09. The number of aromatic nitrogens is 2. The van der Waals surface area contributed by atoms with Crippen LogP contribution in [0.2, 0.25) is 0 Å². The van der Waals surface area contributed by atoms with Crippen LogP contribution in [0.3, 0.4) is 0 Å². The summed E-state index contributed by atoms with van der Waals surface area (Å²) in [6, 6.07) is 0. The number of primary sulfonamides is 1. The van der Waals surface area contributed by atoms with Crippen LogP contribution in [0.25, 0.3) is 0 Å². The van der Waals surface area contributed by atoms with E-state index in [2.05, 4.69) is 5.10 Å². The number of hydrogen-bond acceptors (Lipinski definition) is 4. The van der Waals surface area contributed by atoms with Crippen LogP contribution in [-0.2, 0) is 16.6 Å². The summed E-state index contributed by atoms with van der Waals surface area (Å²) in [5, 5.41) is 8.82. The fourth-order valence-electron chi connectivity index (χ4n) is 0.916. The van der Waals surface area contributed by atoms with E-state index in [0.29, 0.717) is 6.54 Å². The molecular weight excluding hydrogens is 204 g/mol. The largest absolute Gasteiger partial charge is 0.308 e. The zero-order valence-electron chi connectivity index (χ0n) is 8.21. The van der Waals surface area contributed by atoms with Crippen molar-refractivity contribution < 1.29 is 8.42 Å². The summed E-state index contributed by atoms with van der Waals surface area (Å²) in [6.07, 6.45) is 2.68. The van der Waals surface area contributed by atoms with Crippen molar-refractivity contribution in [2.45, 2.75) is 11.4 Å². The number of rotatable bonds is 4. The summed E-state index contributed by atoms with van der Waals surface area (Å²) in [4.78, 5) is 2.04. The lowest BCUT2D eigenvalue weighted by Gasteiger charge is -2.08. The van der Waals surface area contributed by atoms with Crippen LogP contribution in [0.5, 0.6) is 0 Å². The SMILES string of the molecule is CN(C)CCn1cc(S(N)(=O)=O)cn1. The lowest BCUT2D eigenvalue weighted by Crippen LogP contribution is -2.18. The van der Waals surface area contributed by atoms with Crippen LogP contribution in [0.1, 0.15) is 0 Å². The number of sulfonamides is 1. The summed E-state index contributed by atoms with van der Waals surface area (Å²) in [5.74, 6) is 0. The Labute approximate surface area is 83.4 Å². The van der Waals surface area contributed by atoms with Crippen molar-refractivity contribution in [1.82, 2.24) is 14.7 Å². The maximum Gasteiger partial charge on any atom is 0.241 e. The second-order valence-corrected chi connectivity index (χ2v) is 4.85. The first-order valence-corrected chi connectivity index (χ1v) is 5.64. The van der Waals surface area contributed by atoms with E-state index in [1.165, 1.54) is 12.4 Å². The molecule has 0 atom stereocenters. The number of nitrogens with zero attached hydrogens (tertiary/aromatic N) is 3. The summed E-state index contributed by atoms with van der Waals surface area (Å²) in [7, 11) is 0.252. The Morgan fingerprint density at radius 3 is 2.64 bits per heavy atom. The van der Waals surface area contributed by atoms with Gasteiger partial charge in [-0.05, 0) is 14.1 Å². The predicted octanol–water partition coefficient (Wildman–Crippen LogP) is -0.908. The molecule has 1 aromatic heterocycles. The zero-order valence-corrected chi connectivity index (χ0v) is 9.03. The normalized spacial score (nSPS) is 12.3. The van der Waals surface area contributed by atoms with E-state index in [4.69, 9.17) is 5.14 Å². The van der Waals surface area contributed by atoms with E-state index >= 15 is 0 Å².